The van der Waals surface area contributed by atoms with Gasteiger partial charge in [0.05, 0.1) is 24.5 Å². The predicted molar refractivity (Wildman–Crippen MR) is 213 cm³/mol. The molecule has 1 aromatic heterocycles. The third-order valence-corrected chi connectivity index (χ3v) is 10.4. The smallest absolute Gasteiger partial charge is 0.410 e. The van der Waals surface area contributed by atoms with Gasteiger partial charge in [-0.25, -0.2) is 9.59 Å². The summed E-state index contributed by atoms with van der Waals surface area (Å²) in [5.74, 6) is -2.02. The Labute approximate surface area is 331 Å². The fourth-order valence-electron chi connectivity index (χ4n) is 5.28. The van der Waals surface area contributed by atoms with Crippen molar-refractivity contribution in [2.24, 2.45) is 0 Å². The number of esters is 1. The van der Waals surface area contributed by atoms with Gasteiger partial charge < -0.3 is 30.3 Å². The minimum atomic E-state index is -0.655. The molecule has 0 radical (unpaired) electrons. The second-order valence-corrected chi connectivity index (χ2v) is 15.9. The summed E-state index contributed by atoms with van der Waals surface area (Å²) < 4.78 is 10.9. The number of amides is 4. The molecule has 4 amide bonds. The van der Waals surface area contributed by atoms with E-state index in [1.54, 1.807) is 99.3 Å². The number of ether oxygens (including phenoxy) is 2. The van der Waals surface area contributed by atoms with Crippen molar-refractivity contribution in [3.8, 4) is 0 Å². The van der Waals surface area contributed by atoms with Gasteiger partial charge in [0, 0.05) is 37.6 Å². The van der Waals surface area contributed by atoms with E-state index in [1.165, 1.54) is 35.2 Å². The summed E-state index contributed by atoms with van der Waals surface area (Å²) in [5, 5.41) is 9.42. The van der Waals surface area contributed by atoms with E-state index in [1.807, 2.05) is 0 Å². The molecule has 0 unspecified atom stereocenters. The standard InChI is InChI=1S/C39H38Cl2N4O7S2/c1-5-51-37(49)33-28-16-17-45(38(50)52-39(2,3)4)21-31(28)54-36(33)44-32(46)22-53-27-13-9-12-26(20-27)42-35(48)30(18-24-14-15-25(40)19-29(24)41)43-34(47)23-10-7-6-8-11-23/h6-15,18-20H,5,16-17,21-22H2,1-4H3,(H,42,48)(H,43,47)(H,44,46)/b30-18+. The maximum Gasteiger partial charge on any atom is 0.410 e. The van der Waals surface area contributed by atoms with E-state index in [4.69, 9.17) is 32.7 Å². The number of hydrogen-bond donors (Lipinski definition) is 3. The van der Waals surface area contributed by atoms with Gasteiger partial charge in [-0.05, 0) is 93.8 Å². The molecular weight excluding hydrogens is 771 g/mol. The molecule has 11 nitrogen and oxygen atoms in total. The van der Waals surface area contributed by atoms with Crippen LogP contribution in [0.25, 0.3) is 6.08 Å². The van der Waals surface area contributed by atoms with Gasteiger partial charge >= 0.3 is 12.1 Å². The zero-order chi connectivity index (χ0) is 39.0. The number of nitrogens with zero attached hydrogens (tertiary/aromatic N) is 1. The molecule has 1 aliphatic rings. The maximum atomic E-state index is 13.6. The van der Waals surface area contributed by atoms with Crippen LogP contribution < -0.4 is 16.0 Å². The van der Waals surface area contributed by atoms with Crippen LogP contribution in [0.2, 0.25) is 10.0 Å². The third-order valence-electron chi connectivity index (χ3n) is 7.69. The van der Waals surface area contributed by atoms with Crippen LogP contribution in [0, 0.1) is 0 Å². The molecule has 3 N–H and O–H groups in total. The number of anilines is 2. The van der Waals surface area contributed by atoms with Crippen molar-refractivity contribution in [1.82, 2.24) is 10.2 Å². The first-order chi connectivity index (χ1) is 25.7. The van der Waals surface area contributed by atoms with Gasteiger partial charge in [0.1, 0.15) is 16.3 Å². The number of thiophene rings is 1. The first kappa shape index (κ1) is 40.4. The monoisotopic (exact) mass is 808 g/mol. The van der Waals surface area contributed by atoms with Crippen LogP contribution in [0.5, 0.6) is 0 Å². The molecule has 0 spiro atoms. The Kier molecular flexibility index (Phi) is 13.5. The highest BCUT2D eigenvalue weighted by atomic mass is 35.5. The van der Waals surface area contributed by atoms with E-state index in [0.29, 0.717) is 55.3 Å². The first-order valence-corrected chi connectivity index (χ1v) is 19.4. The van der Waals surface area contributed by atoms with Gasteiger partial charge in [-0.2, -0.15) is 0 Å². The van der Waals surface area contributed by atoms with E-state index in [2.05, 4.69) is 16.0 Å². The van der Waals surface area contributed by atoms with Crippen LogP contribution in [-0.2, 0) is 32.0 Å². The molecule has 3 aromatic carbocycles. The van der Waals surface area contributed by atoms with Gasteiger partial charge in [0.25, 0.3) is 11.8 Å². The molecule has 4 aromatic rings. The fraction of sp³-hybridized carbons (Fsp3) is 0.256. The second-order valence-electron chi connectivity index (χ2n) is 12.9. The van der Waals surface area contributed by atoms with Crippen molar-refractivity contribution in [3.05, 3.63) is 116 Å². The van der Waals surface area contributed by atoms with E-state index in [0.717, 1.165) is 10.4 Å². The van der Waals surface area contributed by atoms with Crippen LogP contribution in [0.4, 0.5) is 15.5 Å². The number of nitrogens with one attached hydrogen (secondary N) is 3. The number of hydrogen-bond acceptors (Lipinski definition) is 9. The van der Waals surface area contributed by atoms with E-state index < -0.39 is 29.5 Å². The minimum absolute atomic E-state index is 0.0143. The van der Waals surface area contributed by atoms with Gasteiger partial charge in [0.2, 0.25) is 5.91 Å². The lowest BCUT2D eigenvalue weighted by Gasteiger charge is -2.30. The zero-order valence-electron chi connectivity index (χ0n) is 29.9. The van der Waals surface area contributed by atoms with E-state index >= 15 is 0 Å². The number of fused-ring (bicyclic) bond motifs is 1. The Balaban J connectivity index is 1.27. The largest absolute Gasteiger partial charge is 0.462 e. The average molecular weight is 810 g/mol. The summed E-state index contributed by atoms with van der Waals surface area (Å²) in [4.78, 5) is 68.7. The summed E-state index contributed by atoms with van der Waals surface area (Å²) in [6, 6.07) is 20.1. The second kappa shape index (κ2) is 18.0. The van der Waals surface area contributed by atoms with Crippen LogP contribution in [0.15, 0.2) is 83.4 Å². The minimum Gasteiger partial charge on any atom is -0.462 e. The van der Waals surface area contributed by atoms with Crippen LogP contribution in [-0.4, -0.2) is 59.2 Å². The highest BCUT2D eigenvalue weighted by molar-refractivity contribution is 8.00. The van der Waals surface area contributed by atoms with Crippen molar-refractivity contribution >= 4 is 92.8 Å². The van der Waals surface area contributed by atoms with Crippen LogP contribution in [0.3, 0.4) is 0 Å². The van der Waals surface area contributed by atoms with Crippen molar-refractivity contribution in [2.45, 2.75) is 51.2 Å². The molecule has 0 atom stereocenters. The molecule has 54 heavy (non-hydrogen) atoms. The van der Waals surface area contributed by atoms with Gasteiger partial charge in [-0.3, -0.25) is 14.4 Å². The Morgan fingerprint density at radius 2 is 1.72 bits per heavy atom. The zero-order valence-corrected chi connectivity index (χ0v) is 33.1. The SMILES string of the molecule is CCOC(=O)c1c(NC(=O)CSc2cccc(NC(=O)/C(=C\c3ccc(Cl)cc3Cl)NC(=O)c3ccccc3)c2)sc2c1CCN(C(=O)OC(C)(C)C)C2. The van der Waals surface area contributed by atoms with Gasteiger partial charge in [-0.1, -0.05) is 53.5 Å². The molecule has 0 aliphatic carbocycles. The fourth-order valence-corrected chi connectivity index (χ4v) is 7.77. The lowest BCUT2D eigenvalue weighted by atomic mass is 10.0. The number of benzene rings is 3. The molecule has 0 fully saturated rings. The summed E-state index contributed by atoms with van der Waals surface area (Å²) in [6.07, 6.45) is 1.41. The normalized spacial score (nSPS) is 12.7. The molecular formula is C39H38Cl2N4O7S2. The quantitative estimate of drug-likeness (QED) is 0.0777. The lowest BCUT2D eigenvalue weighted by molar-refractivity contribution is -0.114. The number of carbonyl (C=O) groups is 5. The van der Waals surface area contributed by atoms with E-state index in [9.17, 15) is 24.0 Å². The molecule has 282 valence electrons. The van der Waals surface area contributed by atoms with Crippen molar-refractivity contribution in [1.29, 1.82) is 0 Å². The molecule has 1 aliphatic heterocycles. The Bertz CT molecular complexity index is 2100. The number of rotatable bonds is 11. The van der Waals surface area contributed by atoms with Crippen LogP contribution >= 0.6 is 46.3 Å². The Morgan fingerprint density at radius 1 is 0.963 bits per heavy atom. The highest BCUT2D eigenvalue weighted by Gasteiger charge is 2.32. The average Bonchev–Trinajstić information content (AvgIpc) is 3.48. The third kappa shape index (κ3) is 10.9. The summed E-state index contributed by atoms with van der Waals surface area (Å²) in [6.45, 7) is 7.85. The molecule has 2 heterocycles. The van der Waals surface area contributed by atoms with Gasteiger partial charge in [0.15, 0.2) is 0 Å². The molecule has 0 saturated carbocycles. The molecule has 15 heteroatoms. The highest BCUT2D eigenvalue weighted by Crippen LogP contribution is 2.38. The van der Waals surface area contributed by atoms with Crippen molar-refractivity contribution in [3.63, 3.8) is 0 Å². The number of halogens is 2. The Hall–Kier alpha value is -4.82. The topological polar surface area (TPSA) is 143 Å². The van der Waals surface area contributed by atoms with E-state index in [-0.39, 0.29) is 30.5 Å². The summed E-state index contributed by atoms with van der Waals surface area (Å²) in [5.41, 5.74) is 1.57. The molecule has 0 saturated heterocycles. The number of thioether (sulfide) groups is 1. The van der Waals surface area contributed by atoms with Crippen molar-refractivity contribution < 1.29 is 33.4 Å². The number of carbonyl (C=O) groups excluding carboxylic acids is 5. The summed E-state index contributed by atoms with van der Waals surface area (Å²) >= 11 is 14.9. The van der Waals surface area contributed by atoms with Crippen molar-refractivity contribution in [2.75, 3.05) is 29.5 Å². The predicted octanol–water partition coefficient (Wildman–Crippen LogP) is 8.67. The van der Waals surface area contributed by atoms with Gasteiger partial charge in [-0.15, -0.1) is 23.1 Å². The molecule has 0 bridgehead atoms. The first-order valence-electron chi connectivity index (χ1n) is 16.9. The summed E-state index contributed by atoms with van der Waals surface area (Å²) in [7, 11) is 0. The van der Waals surface area contributed by atoms with Crippen LogP contribution in [0.1, 0.15) is 64.4 Å². The maximum absolute atomic E-state index is 13.6. The lowest BCUT2D eigenvalue weighted by Crippen LogP contribution is -2.39. The molecule has 5 rings (SSSR count). The Morgan fingerprint density at radius 3 is 2.43 bits per heavy atom.